The summed E-state index contributed by atoms with van der Waals surface area (Å²) in [5.41, 5.74) is 1.01. The van der Waals surface area contributed by atoms with Gasteiger partial charge in [0.05, 0.1) is 7.11 Å². The largest absolute Gasteiger partial charge is 0.488 e. The maximum absolute atomic E-state index is 11.1. The summed E-state index contributed by atoms with van der Waals surface area (Å²) in [6.07, 6.45) is 0. The molecule has 7 heteroatoms. The van der Waals surface area contributed by atoms with Gasteiger partial charge in [-0.3, -0.25) is 0 Å². The van der Waals surface area contributed by atoms with Crippen molar-refractivity contribution in [2.24, 2.45) is 0 Å². The molecule has 0 unspecified atom stereocenters. The molecule has 0 amide bonds. The zero-order chi connectivity index (χ0) is 11.7. The van der Waals surface area contributed by atoms with Crippen molar-refractivity contribution in [3.05, 3.63) is 24.1 Å². The molecule has 0 saturated carbocycles. The van der Waals surface area contributed by atoms with Crippen LogP contribution in [0, 0.1) is 0 Å². The second-order valence-corrected chi connectivity index (χ2v) is 3.11. The predicted octanol–water partition coefficient (Wildman–Crippen LogP) is -0.706. The Morgan fingerprint density at radius 1 is 1.50 bits per heavy atom. The van der Waals surface area contributed by atoms with Gasteiger partial charge in [-0.25, -0.2) is 9.78 Å². The lowest BCUT2D eigenvalue weighted by atomic mass is 9.80. The van der Waals surface area contributed by atoms with Crippen molar-refractivity contribution in [1.82, 2.24) is 4.98 Å². The van der Waals surface area contributed by atoms with Crippen LogP contribution in [0.15, 0.2) is 22.6 Å². The minimum atomic E-state index is -1.59. The van der Waals surface area contributed by atoms with Crippen LogP contribution in [0.25, 0.3) is 11.1 Å². The number of carbonyl (C=O) groups is 1. The monoisotopic (exact) mass is 221 g/mol. The molecule has 16 heavy (non-hydrogen) atoms. The normalized spacial score (nSPS) is 10.4. The number of methoxy groups -OCH3 is 1. The Bertz CT molecular complexity index is 536. The molecule has 0 bridgehead atoms. The summed E-state index contributed by atoms with van der Waals surface area (Å²) in [6, 6.07) is 4.41. The van der Waals surface area contributed by atoms with Gasteiger partial charge >= 0.3 is 19.0 Å². The Morgan fingerprint density at radius 3 is 2.88 bits per heavy atom. The highest BCUT2D eigenvalue weighted by Crippen LogP contribution is 2.14. The molecule has 0 fully saturated rings. The van der Waals surface area contributed by atoms with Gasteiger partial charge in [0.2, 0.25) is 0 Å². The number of rotatable bonds is 2. The number of fused-ring (bicyclic) bond motifs is 1. The van der Waals surface area contributed by atoms with Gasteiger partial charge in [-0.15, -0.1) is 0 Å². The van der Waals surface area contributed by atoms with E-state index < -0.39 is 13.1 Å². The van der Waals surface area contributed by atoms with Crippen LogP contribution < -0.4 is 5.46 Å². The van der Waals surface area contributed by atoms with E-state index in [2.05, 4.69) is 9.72 Å². The van der Waals surface area contributed by atoms with Crippen molar-refractivity contribution < 1.29 is 24.0 Å². The lowest BCUT2D eigenvalue weighted by Crippen LogP contribution is -2.29. The zero-order valence-electron chi connectivity index (χ0n) is 8.38. The highest BCUT2D eigenvalue weighted by molar-refractivity contribution is 6.58. The third-order valence-corrected chi connectivity index (χ3v) is 2.07. The first kappa shape index (κ1) is 10.7. The van der Waals surface area contributed by atoms with Crippen molar-refractivity contribution >= 4 is 29.7 Å². The van der Waals surface area contributed by atoms with Crippen LogP contribution in [0.2, 0.25) is 0 Å². The van der Waals surface area contributed by atoms with Crippen LogP contribution >= 0.6 is 0 Å². The van der Waals surface area contributed by atoms with Crippen molar-refractivity contribution in [3.8, 4) is 0 Å². The quantitative estimate of drug-likeness (QED) is 0.514. The molecule has 1 heterocycles. The SMILES string of the molecule is COC(=O)c1nc2ccc(B(O)O)cc2o1. The Morgan fingerprint density at radius 2 is 2.25 bits per heavy atom. The summed E-state index contributed by atoms with van der Waals surface area (Å²) in [7, 11) is -0.365. The van der Waals surface area contributed by atoms with E-state index in [0.717, 1.165) is 0 Å². The van der Waals surface area contributed by atoms with Gasteiger partial charge < -0.3 is 19.2 Å². The van der Waals surface area contributed by atoms with E-state index in [-0.39, 0.29) is 11.4 Å². The van der Waals surface area contributed by atoms with E-state index in [4.69, 9.17) is 14.5 Å². The van der Waals surface area contributed by atoms with Gasteiger partial charge in [0, 0.05) is 0 Å². The van der Waals surface area contributed by atoms with Gasteiger partial charge in [0.1, 0.15) is 5.52 Å². The number of oxazole rings is 1. The summed E-state index contributed by atoms with van der Waals surface area (Å²) in [4.78, 5) is 15.0. The average Bonchev–Trinajstić information content (AvgIpc) is 2.70. The molecule has 0 aliphatic carbocycles. The summed E-state index contributed by atoms with van der Waals surface area (Å²) >= 11 is 0. The topological polar surface area (TPSA) is 92.8 Å². The lowest BCUT2D eigenvalue weighted by Gasteiger charge is -1.96. The molecule has 2 rings (SSSR count). The van der Waals surface area contributed by atoms with Crippen LogP contribution in [0.1, 0.15) is 10.7 Å². The molecule has 2 N–H and O–H groups in total. The highest BCUT2D eigenvalue weighted by atomic mass is 16.5. The molecule has 0 radical (unpaired) electrons. The molecular weight excluding hydrogens is 213 g/mol. The van der Waals surface area contributed by atoms with E-state index in [0.29, 0.717) is 11.1 Å². The van der Waals surface area contributed by atoms with Crippen molar-refractivity contribution in [2.75, 3.05) is 7.11 Å². The molecule has 1 aromatic carbocycles. The van der Waals surface area contributed by atoms with E-state index in [1.54, 1.807) is 0 Å². The van der Waals surface area contributed by atoms with Gasteiger partial charge in [-0.1, -0.05) is 6.07 Å². The molecule has 0 aliphatic rings. The summed E-state index contributed by atoms with van der Waals surface area (Å²) in [6.45, 7) is 0. The number of hydrogen-bond donors (Lipinski definition) is 2. The van der Waals surface area contributed by atoms with Gasteiger partial charge in [-0.05, 0) is 17.6 Å². The number of benzene rings is 1. The van der Waals surface area contributed by atoms with E-state index >= 15 is 0 Å². The highest BCUT2D eigenvalue weighted by Gasteiger charge is 2.17. The molecule has 0 saturated heterocycles. The van der Waals surface area contributed by atoms with E-state index in [9.17, 15) is 4.79 Å². The van der Waals surface area contributed by atoms with Crippen LogP contribution in [0.4, 0.5) is 0 Å². The average molecular weight is 221 g/mol. The molecule has 1 aromatic heterocycles. The summed E-state index contributed by atoms with van der Waals surface area (Å²) < 4.78 is 9.55. The Balaban J connectivity index is 2.50. The number of ether oxygens (including phenoxy) is 1. The Kier molecular flexibility index (Phi) is 2.63. The maximum Gasteiger partial charge on any atom is 0.488 e. The second-order valence-electron chi connectivity index (χ2n) is 3.11. The Labute approximate surface area is 90.6 Å². The molecule has 0 atom stereocenters. The third-order valence-electron chi connectivity index (χ3n) is 2.07. The first-order valence-corrected chi connectivity index (χ1v) is 4.47. The van der Waals surface area contributed by atoms with Crippen LogP contribution in [0.5, 0.6) is 0 Å². The predicted molar refractivity (Wildman–Crippen MR) is 55.2 cm³/mol. The van der Waals surface area contributed by atoms with Gasteiger partial charge in [0.15, 0.2) is 5.58 Å². The molecule has 2 aromatic rings. The van der Waals surface area contributed by atoms with Crippen molar-refractivity contribution in [2.45, 2.75) is 0 Å². The fourth-order valence-electron chi connectivity index (χ4n) is 1.28. The first-order valence-electron chi connectivity index (χ1n) is 4.47. The third kappa shape index (κ3) is 1.78. The standard InChI is InChI=1S/C9H8BNO5/c1-15-9(12)8-11-6-3-2-5(10(13)14)4-7(6)16-8/h2-4,13-14H,1H3. The molecular formula is C9H8BNO5. The Hall–Kier alpha value is -1.86. The molecule has 82 valence electrons. The smallest absolute Gasteiger partial charge is 0.462 e. The van der Waals surface area contributed by atoms with Gasteiger partial charge in [-0.2, -0.15) is 0 Å². The lowest BCUT2D eigenvalue weighted by molar-refractivity contribution is 0.0558. The first-order chi connectivity index (χ1) is 7.61. The number of hydrogen-bond acceptors (Lipinski definition) is 6. The number of esters is 1. The van der Waals surface area contributed by atoms with Crippen molar-refractivity contribution in [1.29, 1.82) is 0 Å². The fraction of sp³-hybridized carbons (Fsp3) is 0.111. The van der Waals surface area contributed by atoms with Crippen molar-refractivity contribution in [3.63, 3.8) is 0 Å². The summed E-state index contributed by atoms with van der Waals surface area (Å²) in [5.74, 6) is -0.843. The van der Waals surface area contributed by atoms with E-state index in [1.165, 1.54) is 25.3 Å². The second kappa shape index (κ2) is 3.95. The molecule has 0 aliphatic heterocycles. The fourth-order valence-corrected chi connectivity index (χ4v) is 1.28. The molecule has 6 nitrogen and oxygen atoms in total. The van der Waals surface area contributed by atoms with Crippen LogP contribution in [0.3, 0.4) is 0 Å². The molecule has 0 spiro atoms. The number of aromatic nitrogens is 1. The van der Waals surface area contributed by atoms with Gasteiger partial charge in [0.25, 0.3) is 0 Å². The number of nitrogens with zero attached hydrogens (tertiary/aromatic N) is 1. The van der Waals surface area contributed by atoms with Crippen LogP contribution in [-0.2, 0) is 4.74 Å². The number of carbonyl (C=O) groups excluding carboxylic acids is 1. The minimum Gasteiger partial charge on any atom is -0.462 e. The minimum absolute atomic E-state index is 0.165. The van der Waals surface area contributed by atoms with Crippen LogP contribution in [-0.4, -0.2) is 35.2 Å². The van der Waals surface area contributed by atoms with E-state index in [1.807, 2.05) is 0 Å². The maximum atomic E-state index is 11.1. The zero-order valence-corrected chi connectivity index (χ0v) is 8.38. The summed E-state index contributed by atoms with van der Waals surface area (Å²) in [5, 5.41) is 17.9.